The zero-order valence-electron chi connectivity index (χ0n) is 16.7. The number of rotatable bonds is 6. The van der Waals surface area contributed by atoms with Gasteiger partial charge in [-0.15, -0.1) is 11.8 Å². The van der Waals surface area contributed by atoms with Crippen molar-refractivity contribution >= 4 is 34.2 Å². The lowest BCUT2D eigenvalue weighted by molar-refractivity contribution is 0.0955. The van der Waals surface area contributed by atoms with Gasteiger partial charge in [0, 0.05) is 24.7 Å². The number of nitrogens with zero attached hydrogens (tertiary/aromatic N) is 4. The third kappa shape index (κ3) is 4.18. The van der Waals surface area contributed by atoms with Gasteiger partial charge in [-0.1, -0.05) is 19.9 Å². The Hall–Kier alpha value is -3.26. The van der Waals surface area contributed by atoms with Gasteiger partial charge >= 0.3 is 0 Å². The monoisotopic (exact) mass is 419 g/mol. The number of fused-ring (bicyclic) bond motifs is 2. The molecule has 3 heterocycles. The SMILES string of the molecule is CC(C)c1ccc2nc3ccc(C(=O)NCCSc4ccncn4)cn3c(=O)c2c1. The first-order chi connectivity index (χ1) is 14.5. The fourth-order valence-corrected chi connectivity index (χ4v) is 3.79. The largest absolute Gasteiger partial charge is 0.351 e. The molecular formula is C22H21N5O2S. The highest BCUT2D eigenvalue weighted by atomic mass is 32.2. The highest BCUT2D eigenvalue weighted by Crippen LogP contribution is 2.19. The zero-order chi connectivity index (χ0) is 21.1. The van der Waals surface area contributed by atoms with Crippen LogP contribution in [0.1, 0.15) is 35.7 Å². The van der Waals surface area contributed by atoms with Crippen LogP contribution in [0.3, 0.4) is 0 Å². The van der Waals surface area contributed by atoms with Gasteiger partial charge in [-0.3, -0.25) is 14.0 Å². The molecule has 1 N–H and O–H groups in total. The van der Waals surface area contributed by atoms with Gasteiger partial charge in [-0.25, -0.2) is 15.0 Å². The number of pyridine rings is 1. The summed E-state index contributed by atoms with van der Waals surface area (Å²) in [6, 6.07) is 11.0. The Labute approximate surface area is 177 Å². The fourth-order valence-electron chi connectivity index (χ4n) is 3.10. The molecule has 0 fully saturated rings. The number of aromatic nitrogens is 4. The van der Waals surface area contributed by atoms with Crippen LogP contribution < -0.4 is 10.9 Å². The minimum atomic E-state index is -0.233. The zero-order valence-corrected chi connectivity index (χ0v) is 17.5. The van der Waals surface area contributed by atoms with Crippen LogP contribution in [-0.2, 0) is 0 Å². The van der Waals surface area contributed by atoms with E-state index in [-0.39, 0.29) is 11.5 Å². The number of thioether (sulfide) groups is 1. The first kappa shape index (κ1) is 20.0. The molecule has 0 aliphatic heterocycles. The molecule has 8 heteroatoms. The summed E-state index contributed by atoms with van der Waals surface area (Å²) in [4.78, 5) is 38.1. The lowest BCUT2D eigenvalue weighted by Crippen LogP contribution is -2.27. The Morgan fingerprint density at radius 3 is 2.83 bits per heavy atom. The van der Waals surface area contributed by atoms with E-state index in [1.54, 1.807) is 24.5 Å². The van der Waals surface area contributed by atoms with Gasteiger partial charge < -0.3 is 5.32 Å². The normalized spacial score (nSPS) is 11.3. The van der Waals surface area contributed by atoms with Crippen LogP contribution >= 0.6 is 11.8 Å². The first-order valence-electron chi connectivity index (χ1n) is 9.66. The third-order valence-corrected chi connectivity index (χ3v) is 5.70. The summed E-state index contributed by atoms with van der Waals surface area (Å²) in [7, 11) is 0. The summed E-state index contributed by atoms with van der Waals surface area (Å²) in [5.74, 6) is 0.760. The molecule has 4 rings (SSSR count). The van der Waals surface area contributed by atoms with Crippen molar-refractivity contribution in [2.24, 2.45) is 0 Å². The van der Waals surface area contributed by atoms with Gasteiger partial charge in [0.25, 0.3) is 11.5 Å². The summed E-state index contributed by atoms with van der Waals surface area (Å²) in [6.07, 6.45) is 4.73. The number of hydrogen-bond acceptors (Lipinski definition) is 6. The van der Waals surface area contributed by atoms with E-state index in [4.69, 9.17) is 0 Å². The molecule has 1 aromatic carbocycles. The first-order valence-corrected chi connectivity index (χ1v) is 10.6. The van der Waals surface area contributed by atoms with Gasteiger partial charge in [0.2, 0.25) is 0 Å². The van der Waals surface area contributed by atoms with Crippen molar-refractivity contribution in [1.82, 2.24) is 24.7 Å². The number of nitrogens with one attached hydrogen (secondary N) is 1. The van der Waals surface area contributed by atoms with Crippen molar-refractivity contribution in [2.75, 3.05) is 12.3 Å². The number of carbonyl (C=O) groups excluding carboxylic acids is 1. The molecule has 7 nitrogen and oxygen atoms in total. The lowest BCUT2D eigenvalue weighted by atomic mass is 10.0. The average molecular weight is 420 g/mol. The molecule has 0 spiro atoms. The van der Waals surface area contributed by atoms with Gasteiger partial charge in [-0.05, 0) is 41.8 Å². The minimum absolute atomic E-state index is 0.175. The molecule has 0 radical (unpaired) electrons. The minimum Gasteiger partial charge on any atom is -0.351 e. The van der Waals surface area contributed by atoms with Crippen molar-refractivity contribution < 1.29 is 4.79 Å². The van der Waals surface area contributed by atoms with E-state index in [9.17, 15) is 9.59 Å². The number of benzene rings is 1. The molecule has 152 valence electrons. The maximum atomic E-state index is 13.0. The molecule has 0 atom stereocenters. The highest BCUT2D eigenvalue weighted by Gasteiger charge is 2.11. The maximum absolute atomic E-state index is 13.0. The summed E-state index contributed by atoms with van der Waals surface area (Å²) in [5.41, 5.74) is 2.49. The standard InChI is InChI=1S/C22H21N5O2S/c1-14(2)15-3-5-18-17(11-15)22(29)27-12-16(4-6-19(27)26-18)21(28)24-9-10-30-20-7-8-23-13-25-20/h3-8,11-14H,9-10H2,1-2H3,(H,24,28). The van der Waals surface area contributed by atoms with E-state index in [1.165, 1.54) is 22.5 Å². The van der Waals surface area contributed by atoms with Gasteiger partial charge in [0.05, 0.1) is 21.5 Å². The molecular weight excluding hydrogens is 398 g/mol. The van der Waals surface area contributed by atoms with Crippen molar-refractivity contribution in [1.29, 1.82) is 0 Å². The quantitative estimate of drug-likeness (QED) is 0.223. The summed E-state index contributed by atoms with van der Waals surface area (Å²) >= 11 is 1.54. The second-order valence-electron chi connectivity index (χ2n) is 7.15. The smallest absolute Gasteiger partial charge is 0.265 e. The predicted octanol–water partition coefficient (Wildman–Crippen LogP) is 3.28. The molecule has 0 unspecified atom stereocenters. The molecule has 0 saturated carbocycles. The van der Waals surface area contributed by atoms with E-state index in [0.29, 0.717) is 40.3 Å². The van der Waals surface area contributed by atoms with Crippen LogP contribution in [0.15, 0.2) is 64.9 Å². The number of amides is 1. The molecule has 0 saturated heterocycles. The molecule has 3 aromatic heterocycles. The van der Waals surface area contributed by atoms with Gasteiger partial charge in [0.15, 0.2) is 0 Å². The van der Waals surface area contributed by atoms with Crippen LogP contribution in [0.5, 0.6) is 0 Å². The Balaban J connectivity index is 1.54. The topological polar surface area (TPSA) is 89.2 Å². The number of hydrogen-bond donors (Lipinski definition) is 1. The van der Waals surface area contributed by atoms with E-state index in [0.717, 1.165) is 10.6 Å². The van der Waals surface area contributed by atoms with Crippen molar-refractivity contribution in [3.05, 3.63) is 76.6 Å². The van der Waals surface area contributed by atoms with Crippen molar-refractivity contribution in [3.63, 3.8) is 0 Å². The Kier molecular flexibility index (Phi) is 5.76. The Bertz CT molecular complexity index is 1270. The number of carbonyl (C=O) groups is 1. The van der Waals surface area contributed by atoms with Crippen LogP contribution in [-0.4, -0.2) is 37.6 Å². The fraction of sp³-hybridized carbons (Fsp3) is 0.227. The second kappa shape index (κ2) is 8.62. The van der Waals surface area contributed by atoms with E-state index in [2.05, 4.69) is 34.1 Å². The van der Waals surface area contributed by atoms with Crippen molar-refractivity contribution in [3.8, 4) is 0 Å². The molecule has 30 heavy (non-hydrogen) atoms. The van der Waals surface area contributed by atoms with Crippen LogP contribution in [0.4, 0.5) is 0 Å². The lowest BCUT2D eigenvalue weighted by Gasteiger charge is -2.09. The Morgan fingerprint density at radius 1 is 1.20 bits per heavy atom. The average Bonchev–Trinajstić information content (AvgIpc) is 2.77. The van der Waals surface area contributed by atoms with Gasteiger partial charge in [-0.2, -0.15) is 0 Å². The summed E-state index contributed by atoms with van der Waals surface area (Å²) in [5, 5.41) is 4.29. The van der Waals surface area contributed by atoms with E-state index in [1.807, 2.05) is 24.3 Å². The summed E-state index contributed by atoms with van der Waals surface area (Å²) < 4.78 is 1.44. The second-order valence-corrected chi connectivity index (χ2v) is 8.26. The molecule has 0 aliphatic rings. The van der Waals surface area contributed by atoms with Crippen LogP contribution in [0, 0.1) is 0 Å². The predicted molar refractivity (Wildman–Crippen MR) is 118 cm³/mol. The molecule has 1 amide bonds. The maximum Gasteiger partial charge on any atom is 0.265 e. The van der Waals surface area contributed by atoms with E-state index < -0.39 is 0 Å². The van der Waals surface area contributed by atoms with Gasteiger partial charge in [0.1, 0.15) is 12.0 Å². The molecule has 4 aromatic rings. The molecule has 0 aliphatic carbocycles. The third-order valence-electron chi connectivity index (χ3n) is 4.75. The van der Waals surface area contributed by atoms with E-state index >= 15 is 0 Å². The summed E-state index contributed by atoms with van der Waals surface area (Å²) in [6.45, 7) is 4.64. The Morgan fingerprint density at radius 2 is 2.07 bits per heavy atom. The van der Waals surface area contributed by atoms with Crippen LogP contribution in [0.2, 0.25) is 0 Å². The van der Waals surface area contributed by atoms with Crippen LogP contribution in [0.25, 0.3) is 16.6 Å². The highest BCUT2D eigenvalue weighted by molar-refractivity contribution is 7.99. The molecule has 0 bridgehead atoms. The van der Waals surface area contributed by atoms with Crippen molar-refractivity contribution in [2.45, 2.75) is 24.8 Å².